The van der Waals surface area contributed by atoms with Gasteiger partial charge in [0.1, 0.15) is 12.1 Å². The first-order valence-corrected chi connectivity index (χ1v) is 10.2. The smallest absolute Gasteiger partial charge is 0.253 e. The Morgan fingerprint density at radius 1 is 0.931 bits per heavy atom. The normalized spacial score (nSPS) is 14.1. The van der Waals surface area contributed by atoms with Crippen LogP contribution in [0.5, 0.6) is 0 Å². The summed E-state index contributed by atoms with van der Waals surface area (Å²) in [5.74, 6) is 1.02. The van der Waals surface area contributed by atoms with Gasteiger partial charge in [-0.15, -0.1) is 0 Å². The topological polar surface area (TPSA) is 49.3 Å². The number of nitrogens with zero attached hydrogens (tertiary/aromatic N) is 4. The van der Waals surface area contributed by atoms with E-state index in [0.717, 1.165) is 42.1 Å². The van der Waals surface area contributed by atoms with Crippen molar-refractivity contribution in [3.63, 3.8) is 0 Å². The van der Waals surface area contributed by atoms with Crippen LogP contribution in [0.2, 0.25) is 0 Å². The molecule has 1 amide bonds. The molecule has 1 aromatic heterocycles. The number of benzene rings is 2. The van der Waals surface area contributed by atoms with Crippen LogP contribution in [0.3, 0.4) is 0 Å². The molecule has 0 N–H and O–H groups in total. The van der Waals surface area contributed by atoms with Gasteiger partial charge in [-0.1, -0.05) is 48.9 Å². The Morgan fingerprint density at radius 2 is 1.62 bits per heavy atom. The third kappa shape index (κ3) is 4.29. The van der Waals surface area contributed by atoms with Crippen LogP contribution in [0.1, 0.15) is 28.4 Å². The van der Waals surface area contributed by atoms with Crippen LogP contribution < -0.4 is 4.90 Å². The minimum Gasteiger partial charge on any atom is -0.353 e. The van der Waals surface area contributed by atoms with Gasteiger partial charge in [0.15, 0.2) is 0 Å². The summed E-state index contributed by atoms with van der Waals surface area (Å²) in [4.78, 5) is 25.8. The molecule has 1 saturated heterocycles. The second-order valence-corrected chi connectivity index (χ2v) is 7.46. The van der Waals surface area contributed by atoms with Gasteiger partial charge >= 0.3 is 0 Å². The van der Waals surface area contributed by atoms with E-state index in [1.165, 1.54) is 11.1 Å². The molecule has 3 aromatic rings. The largest absolute Gasteiger partial charge is 0.353 e. The molecule has 1 fully saturated rings. The van der Waals surface area contributed by atoms with E-state index in [1.807, 2.05) is 35.2 Å². The second kappa shape index (κ2) is 8.43. The fraction of sp³-hybridized carbons (Fsp3) is 0.292. The van der Waals surface area contributed by atoms with Gasteiger partial charge in [0.25, 0.3) is 5.91 Å². The maximum Gasteiger partial charge on any atom is 0.253 e. The summed E-state index contributed by atoms with van der Waals surface area (Å²) in [5.41, 5.74) is 5.25. The average molecular weight is 386 g/mol. The molecule has 1 aliphatic heterocycles. The van der Waals surface area contributed by atoms with E-state index in [0.29, 0.717) is 13.1 Å². The summed E-state index contributed by atoms with van der Waals surface area (Å²) < 4.78 is 0. The van der Waals surface area contributed by atoms with Gasteiger partial charge in [-0.05, 0) is 31.0 Å². The van der Waals surface area contributed by atoms with Crippen LogP contribution in [0.25, 0.3) is 11.3 Å². The first kappa shape index (κ1) is 19.1. The van der Waals surface area contributed by atoms with Gasteiger partial charge in [0.2, 0.25) is 0 Å². The quantitative estimate of drug-likeness (QED) is 0.681. The number of carbonyl (C=O) groups is 1. The molecular weight excluding hydrogens is 360 g/mol. The Balaban J connectivity index is 1.42. The molecular formula is C24H26N4O. The maximum absolute atomic E-state index is 12.8. The van der Waals surface area contributed by atoms with Crippen LogP contribution in [0.4, 0.5) is 5.82 Å². The zero-order chi connectivity index (χ0) is 20.2. The third-order valence-corrected chi connectivity index (χ3v) is 5.50. The van der Waals surface area contributed by atoms with Crippen LogP contribution in [-0.4, -0.2) is 47.0 Å². The predicted octanol–water partition coefficient (Wildman–Crippen LogP) is 3.98. The van der Waals surface area contributed by atoms with Crippen molar-refractivity contribution in [1.29, 1.82) is 0 Å². The summed E-state index contributed by atoms with van der Waals surface area (Å²) in [5, 5.41) is 0. The van der Waals surface area contributed by atoms with Gasteiger partial charge in [-0.2, -0.15) is 0 Å². The number of hydrogen-bond donors (Lipinski definition) is 0. The lowest BCUT2D eigenvalue weighted by molar-refractivity contribution is 0.0746. The molecule has 2 heterocycles. The van der Waals surface area contributed by atoms with E-state index >= 15 is 0 Å². The number of aromatic nitrogens is 2. The molecule has 1 aliphatic rings. The highest BCUT2D eigenvalue weighted by Gasteiger charge is 2.23. The molecule has 4 rings (SSSR count). The molecule has 5 heteroatoms. The molecule has 0 unspecified atom stereocenters. The molecule has 0 bridgehead atoms. The lowest BCUT2D eigenvalue weighted by Crippen LogP contribution is -2.49. The molecule has 0 aliphatic carbocycles. The van der Waals surface area contributed by atoms with E-state index < -0.39 is 0 Å². The lowest BCUT2D eigenvalue weighted by Gasteiger charge is -2.35. The van der Waals surface area contributed by atoms with Crippen LogP contribution in [-0.2, 0) is 6.42 Å². The monoisotopic (exact) mass is 386 g/mol. The van der Waals surface area contributed by atoms with E-state index in [2.05, 4.69) is 53.0 Å². The maximum atomic E-state index is 12.8. The lowest BCUT2D eigenvalue weighted by atomic mass is 10.1. The number of hydrogen-bond acceptors (Lipinski definition) is 4. The first-order chi connectivity index (χ1) is 14.1. The molecule has 0 atom stereocenters. The Bertz CT molecular complexity index is 975. The molecule has 0 spiro atoms. The SMILES string of the molecule is CCc1ccc(C(=O)N2CCN(c3cc(-c4ccc(C)cc4)ncn3)CC2)cc1. The number of rotatable bonds is 4. The standard InChI is InChI=1S/C24H26N4O/c1-3-19-6-10-21(11-7-19)24(29)28-14-12-27(13-15-28)23-16-22(25-17-26-23)20-8-4-18(2)5-9-20/h4-11,16-17H,3,12-15H2,1-2H3. The summed E-state index contributed by atoms with van der Waals surface area (Å²) in [6.07, 6.45) is 2.61. The number of piperazine rings is 1. The average Bonchev–Trinajstić information content (AvgIpc) is 2.79. The summed E-state index contributed by atoms with van der Waals surface area (Å²) in [6, 6.07) is 18.3. The van der Waals surface area contributed by atoms with E-state index in [4.69, 9.17) is 0 Å². The van der Waals surface area contributed by atoms with Crippen molar-refractivity contribution in [2.75, 3.05) is 31.1 Å². The van der Waals surface area contributed by atoms with E-state index in [-0.39, 0.29) is 5.91 Å². The molecule has 0 radical (unpaired) electrons. The van der Waals surface area contributed by atoms with Gasteiger partial charge in [-0.25, -0.2) is 9.97 Å². The Kier molecular flexibility index (Phi) is 5.56. The highest BCUT2D eigenvalue weighted by Crippen LogP contribution is 2.22. The van der Waals surface area contributed by atoms with E-state index in [1.54, 1.807) is 6.33 Å². The fourth-order valence-corrected chi connectivity index (χ4v) is 3.61. The van der Waals surface area contributed by atoms with Crippen LogP contribution >= 0.6 is 0 Å². The van der Waals surface area contributed by atoms with E-state index in [9.17, 15) is 4.79 Å². The highest BCUT2D eigenvalue weighted by atomic mass is 16.2. The zero-order valence-corrected chi connectivity index (χ0v) is 17.0. The minimum absolute atomic E-state index is 0.107. The van der Waals surface area contributed by atoms with Crippen molar-refractivity contribution in [3.05, 3.63) is 77.6 Å². The van der Waals surface area contributed by atoms with Crippen molar-refractivity contribution in [2.24, 2.45) is 0 Å². The van der Waals surface area contributed by atoms with Gasteiger partial charge < -0.3 is 9.80 Å². The second-order valence-electron chi connectivity index (χ2n) is 7.46. The first-order valence-electron chi connectivity index (χ1n) is 10.2. The van der Waals surface area contributed by atoms with Crippen molar-refractivity contribution in [3.8, 4) is 11.3 Å². The Labute approximate surface area is 172 Å². The van der Waals surface area contributed by atoms with Gasteiger partial charge in [0.05, 0.1) is 5.69 Å². The van der Waals surface area contributed by atoms with Gasteiger partial charge in [-0.3, -0.25) is 4.79 Å². The van der Waals surface area contributed by atoms with Crippen molar-refractivity contribution < 1.29 is 4.79 Å². The van der Waals surface area contributed by atoms with Crippen molar-refractivity contribution >= 4 is 11.7 Å². The molecule has 2 aromatic carbocycles. The minimum atomic E-state index is 0.107. The van der Waals surface area contributed by atoms with Crippen molar-refractivity contribution in [1.82, 2.24) is 14.9 Å². The third-order valence-electron chi connectivity index (χ3n) is 5.50. The number of aryl methyl sites for hydroxylation is 2. The molecule has 5 nitrogen and oxygen atoms in total. The van der Waals surface area contributed by atoms with Crippen LogP contribution in [0, 0.1) is 6.92 Å². The molecule has 0 saturated carbocycles. The summed E-state index contributed by atoms with van der Waals surface area (Å²) in [6.45, 7) is 7.12. The zero-order valence-electron chi connectivity index (χ0n) is 17.0. The Morgan fingerprint density at radius 3 is 2.28 bits per heavy atom. The molecule has 29 heavy (non-hydrogen) atoms. The Hall–Kier alpha value is -3.21. The van der Waals surface area contributed by atoms with Crippen LogP contribution in [0.15, 0.2) is 60.9 Å². The van der Waals surface area contributed by atoms with Crippen molar-refractivity contribution in [2.45, 2.75) is 20.3 Å². The number of anilines is 1. The predicted molar refractivity (Wildman–Crippen MR) is 116 cm³/mol. The summed E-state index contributed by atoms with van der Waals surface area (Å²) >= 11 is 0. The summed E-state index contributed by atoms with van der Waals surface area (Å²) in [7, 11) is 0. The van der Waals surface area contributed by atoms with Gasteiger partial charge in [0, 0.05) is 43.4 Å². The molecule has 148 valence electrons. The number of carbonyl (C=O) groups excluding carboxylic acids is 1. The fourth-order valence-electron chi connectivity index (χ4n) is 3.61. The highest BCUT2D eigenvalue weighted by molar-refractivity contribution is 5.94. The number of amides is 1.